The Morgan fingerprint density at radius 2 is 1.46 bits per heavy atom. The highest BCUT2D eigenvalue weighted by molar-refractivity contribution is 5.84. The fourth-order valence-corrected chi connectivity index (χ4v) is 3.50. The predicted octanol–water partition coefficient (Wildman–Crippen LogP) is 5.54. The van der Waals surface area contributed by atoms with Gasteiger partial charge in [0.25, 0.3) is 0 Å². The Kier molecular flexibility index (Phi) is 4.85. The Bertz CT molecular complexity index is 971. The van der Waals surface area contributed by atoms with Gasteiger partial charge >= 0.3 is 0 Å². The van der Waals surface area contributed by atoms with Crippen LogP contribution in [0.1, 0.15) is 29.7 Å². The summed E-state index contributed by atoms with van der Waals surface area (Å²) in [6.45, 7) is 3.98. The van der Waals surface area contributed by atoms with Gasteiger partial charge in [0.1, 0.15) is 0 Å². The van der Waals surface area contributed by atoms with Gasteiger partial charge in [0.05, 0.1) is 0 Å². The summed E-state index contributed by atoms with van der Waals surface area (Å²) in [5.41, 5.74) is 5.28. The SMILES string of the molecule is C[C@H](NCc1cn(Cc2ccccc2)c2ccccc12)c1ccccc1. The number of nitrogens with one attached hydrogen (secondary N) is 1. The summed E-state index contributed by atoms with van der Waals surface area (Å²) >= 11 is 0. The molecule has 0 radical (unpaired) electrons. The summed E-state index contributed by atoms with van der Waals surface area (Å²) in [4.78, 5) is 0. The van der Waals surface area contributed by atoms with E-state index in [0.717, 1.165) is 13.1 Å². The Hall–Kier alpha value is -2.84. The van der Waals surface area contributed by atoms with Crippen molar-refractivity contribution in [2.24, 2.45) is 0 Å². The average molecular weight is 340 g/mol. The molecule has 0 aliphatic heterocycles. The second-order valence-electron chi connectivity index (χ2n) is 6.80. The first-order chi connectivity index (χ1) is 12.8. The monoisotopic (exact) mass is 340 g/mol. The molecule has 0 amide bonds. The molecule has 3 aromatic carbocycles. The van der Waals surface area contributed by atoms with Crippen LogP contribution in [0.2, 0.25) is 0 Å². The van der Waals surface area contributed by atoms with Crippen molar-refractivity contribution in [1.29, 1.82) is 0 Å². The van der Waals surface area contributed by atoms with Gasteiger partial charge in [0.15, 0.2) is 0 Å². The van der Waals surface area contributed by atoms with Gasteiger partial charge in [0, 0.05) is 36.2 Å². The van der Waals surface area contributed by atoms with Crippen LogP contribution in [0.4, 0.5) is 0 Å². The molecule has 2 heteroatoms. The van der Waals surface area contributed by atoms with Gasteiger partial charge in [-0.1, -0.05) is 78.9 Å². The standard InChI is InChI=1S/C24H24N2/c1-19(21-12-6-3-7-13-21)25-16-22-18-26(17-20-10-4-2-5-11-20)24-15-9-8-14-23(22)24/h2-15,18-19,25H,16-17H2,1H3/t19-/m0/s1. The van der Waals surface area contributed by atoms with Crippen LogP contribution in [0.5, 0.6) is 0 Å². The minimum atomic E-state index is 0.326. The lowest BCUT2D eigenvalue weighted by molar-refractivity contribution is 0.575. The van der Waals surface area contributed by atoms with E-state index in [1.807, 2.05) is 0 Å². The number of para-hydroxylation sites is 1. The summed E-state index contributed by atoms with van der Waals surface area (Å²) in [6.07, 6.45) is 2.29. The molecule has 130 valence electrons. The molecule has 0 saturated heterocycles. The smallest absolute Gasteiger partial charge is 0.0486 e. The van der Waals surface area contributed by atoms with E-state index >= 15 is 0 Å². The van der Waals surface area contributed by atoms with Crippen molar-refractivity contribution >= 4 is 10.9 Å². The van der Waals surface area contributed by atoms with E-state index in [-0.39, 0.29) is 0 Å². The second kappa shape index (κ2) is 7.59. The van der Waals surface area contributed by atoms with E-state index in [2.05, 4.69) is 108 Å². The minimum absolute atomic E-state index is 0.326. The van der Waals surface area contributed by atoms with Crippen LogP contribution in [0.25, 0.3) is 10.9 Å². The number of aromatic nitrogens is 1. The molecule has 4 rings (SSSR count). The third-order valence-electron chi connectivity index (χ3n) is 4.97. The first-order valence-corrected chi connectivity index (χ1v) is 9.20. The normalized spacial score (nSPS) is 12.3. The molecule has 0 spiro atoms. The molecule has 1 atom stereocenters. The maximum absolute atomic E-state index is 3.67. The first kappa shape index (κ1) is 16.6. The van der Waals surface area contributed by atoms with Crippen LogP contribution < -0.4 is 5.32 Å². The molecule has 0 aliphatic carbocycles. The van der Waals surface area contributed by atoms with Gasteiger partial charge in [-0.15, -0.1) is 0 Å². The minimum Gasteiger partial charge on any atom is -0.343 e. The van der Waals surface area contributed by atoms with Gasteiger partial charge < -0.3 is 9.88 Å². The maximum Gasteiger partial charge on any atom is 0.0486 e. The Morgan fingerprint density at radius 1 is 0.808 bits per heavy atom. The van der Waals surface area contributed by atoms with Crippen molar-refractivity contribution in [3.63, 3.8) is 0 Å². The molecule has 1 heterocycles. The molecule has 0 bridgehead atoms. The number of benzene rings is 3. The van der Waals surface area contributed by atoms with Crippen molar-refractivity contribution in [2.75, 3.05) is 0 Å². The van der Waals surface area contributed by atoms with Crippen molar-refractivity contribution in [3.8, 4) is 0 Å². The fourth-order valence-electron chi connectivity index (χ4n) is 3.50. The van der Waals surface area contributed by atoms with E-state index in [9.17, 15) is 0 Å². The molecule has 0 unspecified atom stereocenters. The van der Waals surface area contributed by atoms with Gasteiger partial charge in [-0.25, -0.2) is 0 Å². The van der Waals surface area contributed by atoms with Crippen LogP contribution >= 0.6 is 0 Å². The third-order valence-corrected chi connectivity index (χ3v) is 4.97. The van der Waals surface area contributed by atoms with Crippen molar-refractivity contribution in [1.82, 2.24) is 9.88 Å². The molecule has 2 nitrogen and oxygen atoms in total. The van der Waals surface area contributed by atoms with Gasteiger partial charge in [0.2, 0.25) is 0 Å². The molecule has 0 saturated carbocycles. The number of nitrogens with zero attached hydrogens (tertiary/aromatic N) is 1. The van der Waals surface area contributed by atoms with Gasteiger partial charge in [-0.2, -0.15) is 0 Å². The van der Waals surface area contributed by atoms with E-state index in [4.69, 9.17) is 0 Å². The Morgan fingerprint density at radius 3 is 2.23 bits per heavy atom. The van der Waals surface area contributed by atoms with Gasteiger partial charge in [-0.3, -0.25) is 0 Å². The van der Waals surface area contributed by atoms with Crippen LogP contribution in [-0.2, 0) is 13.1 Å². The highest BCUT2D eigenvalue weighted by atomic mass is 15.0. The summed E-state index contributed by atoms with van der Waals surface area (Å²) in [5.74, 6) is 0. The van der Waals surface area contributed by atoms with E-state index in [0.29, 0.717) is 6.04 Å². The predicted molar refractivity (Wildman–Crippen MR) is 109 cm³/mol. The molecular formula is C24H24N2. The topological polar surface area (TPSA) is 17.0 Å². The largest absolute Gasteiger partial charge is 0.343 e. The number of hydrogen-bond donors (Lipinski definition) is 1. The molecule has 1 aromatic heterocycles. The highest BCUT2D eigenvalue weighted by Crippen LogP contribution is 2.23. The number of fused-ring (bicyclic) bond motifs is 1. The van der Waals surface area contributed by atoms with E-state index in [1.54, 1.807) is 0 Å². The molecule has 0 aliphatic rings. The fraction of sp³-hybridized carbons (Fsp3) is 0.167. The third kappa shape index (κ3) is 3.56. The van der Waals surface area contributed by atoms with Crippen LogP contribution in [0, 0.1) is 0 Å². The van der Waals surface area contributed by atoms with E-state index < -0.39 is 0 Å². The molecule has 0 fully saturated rings. The summed E-state index contributed by atoms with van der Waals surface area (Å²) in [6, 6.07) is 30.3. The first-order valence-electron chi connectivity index (χ1n) is 9.20. The van der Waals surface area contributed by atoms with Crippen LogP contribution in [-0.4, -0.2) is 4.57 Å². The van der Waals surface area contributed by atoms with E-state index in [1.165, 1.54) is 27.6 Å². The quantitative estimate of drug-likeness (QED) is 0.487. The molecule has 1 N–H and O–H groups in total. The lowest BCUT2D eigenvalue weighted by Gasteiger charge is -2.13. The summed E-state index contributed by atoms with van der Waals surface area (Å²) < 4.78 is 2.36. The molecule has 4 aromatic rings. The zero-order chi connectivity index (χ0) is 17.8. The summed E-state index contributed by atoms with van der Waals surface area (Å²) in [7, 11) is 0. The zero-order valence-electron chi connectivity index (χ0n) is 15.1. The number of hydrogen-bond acceptors (Lipinski definition) is 1. The average Bonchev–Trinajstić information content (AvgIpc) is 3.05. The van der Waals surface area contributed by atoms with Crippen molar-refractivity contribution in [3.05, 3.63) is 108 Å². The highest BCUT2D eigenvalue weighted by Gasteiger charge is 2.10. The lowest BCUT2D eigenvalue weighted by atomic mass is 10.1. The Balaban J connectivity index is 1.57. The molecule has 26 heavy (non-hydrogen) atoms. The molecular weight excluding hydrogens is 316 g/mol. The maximum atomic E-state index is 3.67. The lowest BCUT2D eigenvalue weighted by Crippen LogP contribution is -2.17. The van der Waals surface area contributed by atoms with Crippen molar-refractivity contribution in [2.45, 2.75) is 26.1 Å². The Labute approximate surface area is 155 Å². The van der Waals surface area contributed by atoms with Crippen LogP contribution in [0.3, 0.4) is 0 Å². The summed E-state index contributed by atoms with van der Waals surface area (Å²) in [5, 5.41) is 5.00. The zero-order valence-corrected chi connectivity index (χ0v) is 15.1. The second-order valence-corrected chi connectivity index (χ2v) is 6.80. The van der Waals surface area contributed by atoms with Gasteiger partial charge in [-0.05, 0) is 29.7 Å². The van der Waals surface area contributed by atoms with Crippen molar-refractivity contribution < 1.29 is 0 Å². The van der Waals surface area contributed by atoms with Crippen LogP contribution in [0.15, 0.2) is 91.1 Å². The number of rotatable bonds is 6.